The summed E-state index contributed by atoms with van der Waals surface area (Å²) in [6, 6.07) is 2.84. The third-order valence-corrected chi connectivity index (χ3v) is 4.04. The average molecular weight is 233 g/mol. The maximum absolute atomic E-state index is 5.42. The fourth-order valence-corrected chi connectivity index (χ4v) is 2.80. The predicted molar refractivity (Wildman–Crippen MR) is 71.9 cm³/mol. The van der Waals surface area contributed by atoms with E-state index in [4.69, 9.17) is 4.74 Å². The maximum Gasteiger partial charge on any atom is 0.122 e. The second-order valence-corrected chi connectivity index (χ2v) is 5.12. The normalized spacial score (nSPS) is 19.6. The maximum atomic E-state index is 5.42. The van der Waals surface area contributed by atoms with E-state index < -0.39 is 0 Å². The molecule has 2 nitrogen and oxygen atoms in total. The van der Waals surface area contributed by atoms with Gasteiger partial charge < -0.3 is 10.1 Å². The first-order chi connectivity index (χ1) is 8.13. The molecule has 1 saturated heterocycles. The van der Waals surface area contributed by atoms with Crippen LogP contribution in [0.3, 0.4) is 0 Å². The van der Waals surface area contributed by atoms with Crippen molar-refractivity contribution in [1.82, 2.24) is 5.32 Å². The van der Waals surface area contributed by atoms with Crippen LogP contribution in [-0.2, 0) is 6.42 Å². The van der Waals surface area contributed by atoms with Crippen molar-refractivity contribution in [2.24, 2.45) is 0 Å². The summed E-state index contributed by atoms with van der Waals surface area (Å²) in [4.78, 5) is 0. The molecule has 1 aromatic carbocycles. The van der Waals surface area contributed by atoms with Crippen molar-refractivity contribution in [1.29, 1.82) is 0 Å². The van der Waals surface area contributed by atoms with Crippen LogP contribution in [0.5, 0.6) is 5.75 Å². The minimum atomic E-state index is 0.667. The molecule has 17 heavy (non-hydrogen) atoms. The molecule has 1 unspecified atom stereocenters. The number of rotatable bonds is 3. The largest absolute Gasteiger partial charge is 0.496 e. The highest BCUT2D eigenvalue weighted by atomic mass is 16.5. The van der Waals surface area contributed by atoms with E-state index in [1.807, 2.05) is 0 Å². The van der Waals surface area contributed by atoms with E-state index in [2.05, 4.69) is 32.2 Å². The van der Waals surface area contributed by atoms with Gasteiger partial charge in [0.2, 0.25) is 0 Å². The van der Waals surface area contributed by atoms with Crippen molar-refractivity contribution >= 4 is 0 Å². The Hall–Kier alpha value is -1.02. The highest BCUT2D eigenvalue weighted by Crippen LogP contribution is 2.29. The van der Waals surface area contributed by atoms with Crippen molar-refractivity contribution in [3.8, 4) is 5.75 Å². The minimum absolute atomic E-state index is 0.667. The van der Waals surface area contributed by atoms with Crippen LogP contribution in [0.4, 0.5) is 0 Å². The molecule has 0 aromatic heterocycles. The highest BCUT2D eigenvalue weighted by Gasteiger charge is 2.18. The number of benzene rings is 1. The molecule has 94 valence electrons. The Bertz CT molecular complexity index is 406. The fraction of sp³-hybridized carbons (Fsp3) is 0.600. The van der Waals surface area contributed by atoms with Gasteiger partial charge in [-0.1, -0.05) is 0 Å². The van der Waals surface area contributed by atoms with Crippen molar-refractivity contribution in [2.45, 2.75) is 46.1 Å². The van der Waals surface area contributed by atoms with E-state index in [1.54, 1.807) is 7.11 Å². The van der Waals surface area contributed by atoms with E-state index in [1.165, 1.54) is 41.6 Å². The SMILES string of the molecule is COc1cc(C)c(CC2CCCN2)c(C)c1C. The molecule has 1 N–H and O–H groups in total. The lowest BCUT2D eigenvalue weighted by molar-refractivity contribution is 0.410. The Morgan fingerprint density at radius 1 is 1.29 bits per heavy atom. The van der Waals surface area contributed by atoms with E-state index >= 15 is 0 Å². The zero-order valence-corrected chi connectivity index (χ0v) is 11.4. The third kappa shape index (κ3) is 2.47. The first kappa shape index (κ1) is 12.4. The van der Waals surface area contributed by atoms with Crippen molar-refractivity contribution in [3.63, 3.8) is 0 Å². The first-order valence-electron chi connectivity index (χ1n) is 6.50. The van der Waals surface area contributed by atoms with Crippen molar-refractivity contribution < 1.29 is 4.74 Å². The molecule has 2 rings (SSSR count). The van der Waals surface area contributed by atoms with Crippen LogP contribution in [0.2, 0.25) is 0 Å². The van der Waals surface area contributed by atoms with Crippen LogP contribution in [0.25, 0.3) is 0 Å². The molecular formula is C15H23NO. The lowest BCUT2D eigenvalue weighted by atomic mass is 9.92. The molecule has 0 spiro atoms. The smallest absolute Gasteiger partial charge is 0.122 e. The minimum Gasteiger partial charge on any atom is -0.496 e. The van der Waals surface area contributed by atoms with Gasteiger partial charge >= 0.3 is 0 Å². The highest BCUT2D eigenvalue weighted by molar-refractivity contribution is 5.48. The Morgan fingerprint density at radius 2 is 2.06 bits per heavy atom. The number of ether oxygens (including phenoxy) is 1. The Labute approximate surface area is 104 Å². The molecule has 1 fully saturated rings. The van der Waals surface area contributed by atoms with Crippen LogP contribution in [0, 0.1) is 20.8 Å². The van der Waals surface area contributed by atoms with Gasteiger partial charge in [0.05, 0.1) is 7.11 Å². The third-order valence-electron chi connectivity index (χ3n) is 4.04. The molecule has 0 amide bonds. The van der Waals surface area contributed by atoms with Crippen molar-refractivity contribution in [2.75, 3.05) is 13.7 Å². The Kier molecular flexibility index (Phi) is 3.72. The second-order valence-electron chi connectivity index (χ2n) is 5.12. The topological polar surface area (TPSA) is 21.3 Å². The summed E-state index contributed by atoms with van der Waals surface area (Å²) >= 11 is 0. The number of aryl methyl sites for hydroxylation is 1. The van der Waals surface area contributed by atoms with E-state index in [-0.39, 0.29) is 0 Å². The quantitative estimate of drug-likeness (QED) is 0.866. The zero-order valence-electron chi connectivity index (χ0n) is 11.4. The van der Waals surface area contributed by atoms with Gasteiger partial charge in [-0.2, -0.15) is 0 Å². The lowest BCUT2D eigenvalue weighted by Crippen LogP contribution is -2.24. The standard InChI is InChI=1S/C15H23NO/c1-10-8-15(17-4)12(3)11(2)14(10)9-13-6-5-7-16-13/h8,13,16H,5-7,9H2,1-4H3. The van der Waals surface area contributed by atoms with Gasteiger partial charge in [-0.05, 0) is 74.9 Å². The summed E-state index contributed by atoms with van der Waals surface area (Å²) in [5.74, 6) is 1.02. The van der Waals surface area contributed by atoms with Gasteiger partial charge in [0.1, 0.15) is 5.75 Å². The number of hydrogen-bond donors (Lipinski definition) is 1. The summed E-state index contributed by atoms with van der Waals surface area (Å²) in [6.45, 7) is 7.74. The van der Waals surface area contributed by atoms with Crippen LogP contribution in [-0.4, -0.2) is 19.7 Å². The van der Waals surface area contributed by atoms with Crippen molar-refractivity contribution in [3.05, 3.63) is 28.3 Å². The molecule has 0 bridgehead atoms. The molecular weight excluding hydrogens is 210 g/mol. The van der Waals surface area contributed by atoms with Gasteiger partial charge in [-0.25, -0.2) is 0 Å². The first-order valence-corrected chi connectivity index (χ1v) is 6.50. The molecule has 0 saturated carbocycles. The molecule has 2 heteroatoms. The molecule has 1 aromatic rings. The van der Waals surface area contributed by atoms with Gasteiger partial charge in [0, 0.05) is 6.04 Å². The van der Waals surface area contributed by atoms with E-state index in [0.29, 0.717) is 6.04 Å². The summed E-state index contributed by atoms with van der Waals surface area (Å²) in [7, 11) is 1.75. The van der Waals surface area contributed by atoms with Gasteiger partial charge in [-0.15, -0.1) is 0 Å². The lowest BCUT2D eigenvalue weighted by Gasteiger charge is -2.18. The second kappa shape index (κ2) is 5.09. The molecule has 1 aliphatic rings. The molecule has 1 heterocycles. The average Bonchev–Trinajstić information content (AvgIpc) is 2.82. The molecule has 0 aliphatic carbocycles. The van der Waals surface area contributed by atoms with E-state index in [9.17, 15) is 0 Å². The number of hydrogen-bond acceptors (Lipinski definition) is 2. The predicted octanol–water partition coefficient (Wildman–Crippen LogP) is 2.91. The number of nitrogens with one attached hydrogen (secondary N) is 1. The Morgan fingerprint density at radius 3 is 2.65 bits per heavy atom. The summed E-state index contributed by atoms with van der Waals surface area (Å²) in [6.07, 6.45) is 3.78. The van der Waals surface area contributed by atoms with Crippen LogP contribution in [0.1, 0.15) is 35.1 Å². The van der Waals surface area contributed by atoms with Gasteiger partial charge in [-0.3, -0.25) is 0 Å². The summed E-state index contributed by atoms with van der Waals surface area (Å²) in [5.41, 5.74) is 5.54. The Balaban J connectivity index is 2.29. The van der Waals surface area contributed by atoms with Gasteiger partial charge in [0.25, 0.3) is 0 Å². The zero-order chi connectivity index (χ0) is 12.4. The fourth-order valence-electron chi connectivity index (χ4n) is 2.80. The van der Waals surface area contributed by atoms with Crippen LogP contribution >= 0.6 is 0 Å². The molecule has 1 atom stereocenters. The molecule has 1 aliphatic heterocycles. The molecule has 0 radical (unpaired) electrons. The van der Waals surface area contributed by atoms with Crippen LogP contribution < -0.4 is 10.1 Å². The van der Waals surface area contributed by atoms with E-state index in [0.717, 1.165) is 12.2 Å². The summed E-state index contributed by atoms with van der Waals surface area (Å²) < 4.78 is 5.42. The summed E-state index contributed by atoms with van der Waals surface area (Å²) in [5, 5.41) is 3.58. The number of methoxy groups -OCH3 is 1. The monoisotopic (exact) mass is 233 g/mol. The van der Waals surface area contributed by atoms with Crippen LogP contribution in [0.15, 0.2) is 6.07 Å². The van der Waals surface area contributed by atoms with Gasteiger partial charge in [0.15, 0.2) is 0 Å².